The van der Waals surface area contributed by atoms with Crippen molar-refractivity contribution in [2.75, 3.05) is 13.1 Å². The van der Waals surface area contributed by atoms with Gasteiger partial charge in [0.1, 0.15) is 0 Å². The third-order valence-corrected chi connectivity index (χ3v) is 3.93. The van der Waals surface area contributed by atoms with E-state index < -0.39 is 29.7 Å². The highest BCUT2D eigenvalue weighted by Crippen LogP contribution is 2.30. The van der Waals surface area contributed by atoms with Crippen LogP contribution in [0.5, 0.6) is 0 Å². The van der Waals surface area contributed by atoms with Crippen LogP contribution < -0.4 is 11.1 Å². The number of nitrogens with zero attached hydrogens (tertiary/aromatic N) is 1. The van der Waals surface area contributed by atoms with Crippen LogP contribution in [-0.4, -0.2) is 29.9 Å². The molecule has 0 bridgehead atoms. The second-order valence-electron chi connectivity index (χ2n) is 5.63. The molecule has 0 spiro atoms. The summed E-state index contributed by atoms with van der Waals surface area (Å²) in [4.78, 5) is 24.7. The molecule has 5 nitrogen and oxygen atoms in total. The molecule has 1 heterocycles. The first-order valence-corrected chi connectivity index (χ1v) is 7.20. The number of hydrogen-bond acceptors (Lipinski definition) is 2. The maximum absolute atomic E-state index is 12.7. The first-order chi connectivity index (χ1) is 10.7. The highest BCUT2D eigenvalue weighted by Gasteiger charge is 2.32. The molecule has 1 aromatic rings. The summed E-state index contributed by atoms with van der Waals surface area (Å²) >= 11 is 0. The van der Waals surface area contributed by atoms with E-state index in [1.54, 1.807) is 6.92 Å². The standard InChI is InChI=1S/C15H18F3N3O2/c1-9(10-3-2-4-12(7-10)15(16,17)18)20-14(23)21-6-5-11(8-21)13(19)22/h2-4,7,9,11H,5-6,8H2,1H3,(H2,19,22)(H,20,23)/t9-,11-/m1/s1. The van der Waals surface area contributed by atoms with Crippen LogP contribution in [0.2, 0.25) is 0 Å². The normalized spacial score (nSPS) is 19.5. The molecule has 0 saturated carbocycles. The van der Waals surface area contributed by atoms with Gasteiger partial charge in [-0.3, -0.25) is 4.79 Å². The van der Waals surface area contributed by atoms with Gasteiger partial charge in [-0.2, -0.15) is 13.2 Å². The van der Waals surface area contributed by atoms with Crippen LogP contribution in [0, 0.1) is 5.92 Å². The Kier molecular flexibility index (Phi) is 4.82. The Morgan fingerprint density at radius 3 is 2.65 bits per heavy atom. The first kappa shape index (κ1) is 17.1. The number of likely N-dealkylation sites (tertiary alicyclic amines) is 1. The summed E-state index contributed by atoms with van der Waals surface area (Å²) < 4.78 is 38.2. The predicted octanol–water partition coefficient (Wildman–Crippen LogP) is 2.28. The third-order valence-electron chi connectivity index (χ3n) is 3.93. The van der Waals surface area contributed by atoms with Gasteiger partial charge in [-0.25, -0.2) is 4.79 Å². The number of nitrogens with one attached hydrogen (secondary N) is 1. The minimum absolute atomic E-state index is 0.233. The molecule has 2 atom stereocenters. The van der Waals surface area contributed by atoms with Crippen LogP contribution in [0.1, 0.15) is 30.5 Å². The highest BCUT2D eigenvalue weighted by atomic mass is 19.4. The Balaban J connectivity index is 2.01. The molecule has 0 aromatic heterocycles. The topological polar surface area (TPSA) is 75.4 Å². The molecule has 1 fully saturated rings. The molecule has 2 rings (SSSR count). The van der Waals surface area contributed by atoms with Crippen molar-refractivity contribution in [3.63, 3.8) is 0 Å². The van der Waals surface area contributed by atoms with Crippen molar-refractivity contribution in [3.05, 3.63) is 35.4 Å². The number of alkyl halides is 3. The number of nitrogens with two attached hydrogens (primary N) is 1. The van der Waals surface area contributed by atoms with E-state index in [0.717, 1.165) is 12.1 Å². The number of benzene rings is 1. The van der Waals surface area contributed by atoms with Crippen LogP contribution >= 0.6 is 0 Å². The minimum atomic E-state index is -4.43. The van der Waals surface area contributed by atoms with E-state index in [9.17, 15) is 22.8 Å². The molecule has 1 saturated heterocycles. The number of halogens is 3. The molecular formula is C15H18F3N3O2. The van der Waals surface area contributed by atoms with E-state index >= 15 is 0 Å². The smallest absolute Gasteiger partial charge is 0.369 e. The maximum Gasteiger partial charge on any atom is 0.416 e. The van der Waals surface area contributed by atoms with Crippen molar-refractivity contribution in [3.8, 4) is 0 Å². The third kappa shape index (κ3) is 4.14. The molecule has 1 aliphatic rings. The molecule has 8 heteroatoms. The summed E-state index contributed by atoms with van der Waals surface area (Å²) in [6, 6.07) is 3.82. The number of rotatable bonds is 3. The molecule has 0 unspecified atom stereocenters. The zero-order valence-electron chi connectivity index (χ0n) is 12.6. The van der Waals surface area contributed by atoms with Gasteiger partial charge >= 0.3 is 12.2 Å². The van der Waals surface area contributed by atoms with Gasteiger partial charge in [0.15, 0.2) is 0 Å². The molecule has 0 aliphatic carbocycles. The van der Waals surface area contributed by atoms with Gasteiger partial charge < -0.3 is 16.0 Å². The summed E-state index contributed by atoms with van der Waals surface area (Å²) in [5.41, 5.74) is 4.81. The Morgan fingerprint density at radius 2 is 2.09 bits per heavy atom. The van der Waals surface area contributed by atoms with Gasteiger partial charge in [-0.05, 0) is 31.0 Å². The van der Waals surface area contributed by atoms with Crippen LogP contribution in [-0.2, 0) is 11.0 Å². The fourth-order valence-corrected chi connectivity index (χ4v) is 2.52. The van der Waals surface area contributed by atoms with Crippen molar-refractivity contribution < 1.29 is 22.8 Å². The van der Waals surface area contributed by atoms with Gasteiger partial charge in [0.25, 0.3) is 0 Å². The largest absolute Gasteiger partial charge is 0.416 e. The SMILES string of the molecule is C[C@@H](NC(=O)N1CC[C@@H](C(N)=O)C1)c1cccc(C(F)(F)F)c1. The summed E-state index contributed by atoms with van der Waals surface area (Å²) in [6.07, 6.45) is -3.93. The Morgan fingerprint density at radius 1 is 1.39 bits per heavy atom. The van der Waals surface area contributed by atoms with E-state index in [1.165, 1.54) is 17.0 Å². The molecule has 3 amide bonds. The van der Waals surface area contributed by atoms with Crippen LogP contribution in [0.15, 0.2) is 24.3 Å². The van der Waals surface area contributed by atoms with Gasteiger partial charge in [0.05, 0.1) is 17.5 Å². The van der Waals surface area contributed by atoms with E-state index in [4.69, 9.17) is 5.73 Å². The molecule has 0 radical (unpaired) electrons. The lowest BCUT2D eigenvalue weighted by Crippen LogP contribution is -2.40. The summed E-state index contributed by atoms with van der Waals surface area (Å²) in [5.74, 6) is -0.823. The molecule has 3 N–H and O–H groups in total. The average molecular weight is 329 g/mol. The molecule has 126 valence electrons. The van der Waals surface area contributed by atoms with Crippen molar-refractivity contribution in [1.82, 2.24) is 10.2 Å². The zero-order chi connectivity index (χ0) is 17.2. The number of hydrogen-bond donors (Lipinski definition) is 2. The average Bonchev–Trinajstić information content (AvgIpc) is 2.96. The van der Waals surface area contributed by atoms with Crippen LogP contribution in [0.4, 0.5) is 18.0 Å². The molecular weight excluding hydrogens is 311 g/mol. The molecule has 1 aromatic carbocycles. The van der Waals surface area contributed by atoms with Crippen molar-refractivity contribution in [2.45, 2.75) is 25.6 Å². The Bertz CT molecular complexity index is 604. The van der Waals surface area contributed by atoms with E-state index in [1.807, 2.05) is 0 Å². The lowest BCUT2D eigenvalue weighted by Gasteiger charge is -2.21. The van der Waals surface area contributed by atoms with Crippen molar-refractivity contribution in [2.24, 2.45) is 11.7 Å². The summed E-state index contributed by atoms with van der Waals surface area (Å²) in [5, 5.41) is 2.64. The Hall–Kier alpha value is -2.25. The summed E-state index contributed by atoms with van der Waals surface area (Å²) in [6.45, 7) is 2.24. The monoisotopic (exact) mass is 329 g/mol. The minimum Gasteiger partial charge on any atom is -0.369 e. The van der Waals surface area contributed by atoms with Gasteiger partial charge in [-0.15, -0.1) is 0 Å². The maximum atomic E-state index is 12.7. The fourth-order valence-electron chi connectivity index (χ4n) is 2.52. The lowest BCUT2D eigenvalue weighted by atomic mass is 10.1. The number of carbonyl (C=O) groups excluding carboxylic acids is 2. The Labute approximate surface area is 131 Å². The summed E-state index contributed by atoms with van der Waals surface area (Å²) in [7, 11) is 0. The fraction of sp³-hybridized carbons (Fsp3) is 0.467. The number of carbonyl (C=O) groups is 2. The van der Waals surface area contributed by atoms with Crippen LogP contribution in [0.3, 0.4) is 0 Å². The zero-order valence-corrected chi connectivity index (χ0v) is 12.6. The van der Waals surface area contributed by atoms with E-state index in [2.05, 4.69) is 5.32 Å². The van der Waals surface area contributed by atoms with Crippen LogP contribution in [0.25, 0.3) is 0 Å². The van der Waals surface area contributed by atoms with E-state index in [0.29, 0.717) is 18.5 Å². The lowest BCUT2D eigenvalue weighted by molar-refractivity contribution is -0.137. The van der Waals surface area contributed by atoms with Crippen molar-refractivity contribution in [1.29, 1.82) is 0 Å². The second-order valence-corrected chi connectivity index (χ2v) is 5.63. The molecule has 23 heavy (non-hydrogen) atoms. The molecule has 1 aliphatic heterocycles. The van der Waals surface area contributed by atoms with Crippen molar-refractivity contribution >= 4 is 11.9 Å². The number of urea groups is 1. The number of primary amides is 1. The quantitative estimate of drug-likeness (QED) is 0.893. The van der Waals surface area contributed by atoms with E-state index in [-0.39, 0.29) is 12.5 Å². The number of amides is 3. The van der Waals surface area contributed by atoms with Gasteiger partial charge in [0.2, 0.25) is 5.91 Å². The highest BCUT2D eigenvalue weighted by molar-refractivity contribution is 5.80. The second kappa shape index (κ2) is 6.47. The first-order valence-electron chi connectivity index (χ1n) is 7.20. The van der Waals surface area contributed by atoms with Gasteiger partial charge in [-0.1, -0.05) is 12.1 Å². The van der Waals surface area contributed by atoms with Gasteiger partial charge in [0, 0.05) is 13.1 Å². The predicted molar refractivity (Wildman–Crippen MR) is 77.3 cm³/mol.